The minimum atomic E-state index is -0.204. The zero-order valence-corrected chi connectivity index (χ0v) is 10.9. The van der Waals surface area contributed by atoms with Gasteiger partial charge in [-0.15, -0.1) is 0 Å². The van der Waals surface area contributed by atoms with E-state index >= 15 is 0 Å². The van der Waals surface area contributed by atoms with Crippen molar-refractivity contribution in [2.24, 2.45) is 0 Å². The summed E-state index contributed by atoms with van der Waals surface area (Å²) < 4.78 is 12.8. The standard InChI is InChI=1S/C16H18FNO/c1-12(14-3-2-4-16(19)11-14)18-10-9-13-5-7-15(17)8-6-13/h2-8,11-12,18-19H,9-10H2,1H3. The van der Waals surface area contributed by atoms with Gasteiger partial charge in [0, 0.05) is 6.04 Å². The van der Waals surface area contributed by atoms with Crippen LogP contribution in [0.4, 0.5) is 4.39 Å². The highest BCUT2D eigenvalue weighted by molar-refractivity contribution is 5.29. The van der Waals surface area contributed by atoms with Crippen LogP contribution in [-0.4, -0.2) is 11.7 Å². The molecule has 0 aliphatic rings. The van der Waals surface area contributed by atoms with Gasteiger partial charge in [0.25, 0.3) is 0 Å². The highest BCUT2D eigenvalue weighted by Gasteiger charge is 2.05. The van der Waals surface area contributed by atoms with Crippen molar-refractivity contribution in [3.8, 4) is 5.75 Å². The molecule has 0 bridgehead atoms. The van der Waals surface area contributed by atoms with Gasteiger partial charge in [-0.05, 0) is 55.3 Å². The Kier molecular flexibility index (Phi) is 4.53. The number of phenols is 1. The van der Waals surface area contributed by atoms with Gasteiger partial charge in [-0.3, -0.25) is 0 Å². The average molecular weight is 259 g/mol. The molecule has 2 aromatic carbocycles. The third-order valence-electron chi connectivity index (χ3n) is 3.15. The van der Waals surface area contributed by atoms with E-state index in [4.69, 9.17) is 0 Å². The zero-order valence-electron chi connectivity index (χ0n) is 10.9. The van der Waals surface area contributed by atoms with E-state index in [9.17, 15) is 9.50 Å². The lowest BCUT2D eigenvalue weighted by Crippen LogP contribution is -2.21. The van der Waals surface area contributed by atoms with E-state index in [0.29, 0.717) is 0 Å². The number of halogens is 1. The van der Waals surface area contributed by atoms with Crippen LogP contribution in [0.5, 0.6) is 5.75 Å². The Morgan fingerprint density at radius 3 is 2.58 bits per heavy atom. The molecule has 0 spiro atoms. The molecule has 19 heavy (non-hydrogen) atoms. The van der Waals surface area contributed by atoms with Crippen LogP contribution >= 0.6 is 0 Å². The van der Waals surface area contributed by atoms with Crippen LogP contribution in [0.2, 0.25) is 0 Å². The van der Waals surface area contributed by atoms with E-state index in [2.05, 4.69) is 12.2 Å². The van der Waals surface area contributed by atoms with Crippen molar-refractivity contribution in [3.63, 3.8) is 0 Å². The molecule has 2 rings (SSSR count). The fraction of sp³-hybridized carbons (Fsp3) is 0.250. The number of aromatic hydroxyl groups is 1. The Balaban J connectivity index is 1.84. The van der Waals surface area contributed by atoms with Gasteiger partial charge in [0.2, 0.25) is 0 Å². The molecule has 0 aromatic heterocycles. The topological polar surface area (TPSA) is 32.3 Å². The van der Waals surface area contributed by atoms with Crippen LogP contribution < -0.4 is 5.32 Å². The first kappa shape index (κ1) is 13.6. The molecular formula is C16H18FNO. The van der Waals surface area contributed by atoms with Crippen molar-refractivity contribution in [2.45, 2.75) is 19.4 Å². The summed E-state index contributed by atoms with van der Waals surface area (Å²) in [6, 6.07) is 14.0. The van der Waals surface area contributed by atoms with Gasteiger partial charge in [0.05, 0.1) is 0 Å². The average Bonchev–Trinajstić information content (AvgIpc) is 2.41. The quantitative estimate of drug-likeness (QED) is 0.862. The molecule has 0 saturated carbocycles. The summed E-state index contributed by atoms with van der Waals surface area (Å²) >= 11 is 0. The van der Waals surface area contributed by atoms with Crippen LogP contribution in [0.3, 0.4) is 0 Å². The van der Waals surface area contributed by atoms with E-state index < -0.39 is 0 Å². The first-order valence-corrected chi connectivity index (χ1v) is 6.42. The minimum Gasteiger partial charge on any atom is -0.508 e. The molecule has 0 aliphatic carbocycles. The summed E-state index contributed by atoms with van der Waals surface area (Å²) in [7, 11) is 0. The number of benzene rings is 2. The second kappa shape index (κ2) is 6.34. The normalized spacial score (nSPS) is 12.3. The number of phenolic OH excluding ortho intramolecular Hbond substituents is 1. The molecule has 0 saturated heterocycles. The van der Waals surface area contributed by atoms with E-state index in [1.54, 1.807) is 24.3 Å². The summed E-state index contributed by atoms with van der Waals surface area (Å²) in [6.07, 6.45) is 0.851. The summed E-state index contributed by atoms with van der Waals surface area (Å²) in [5.41, 5.74) is 2.16. The Labute approximate surface area is 112 Å². The Bertz CT molecular complexity index is 525. The second-order valence-corrected chi connectivity index (χ2v) is 4.65. The maximum atomic E-state index is 12.8. The van der Waals surface area contributed by atoms with Gasteiger partial charge >= 0.3 is 0 Å². The van der Waals surface area contributed by atoms with Crippen molar-refractivity contribution < 1.29 is 9.50 Å². The monoisotopic (exact) mass is 259 g/mol. The number of hydrogen-bond acceptors (Lipinski definition) is 2. The van der Waals surface area contributed by atoms with Crippen LogP contribution in [0.1, 0.15) is 24.1 Å². The predicted molar refractivity (Wildman–Crippen MR) is 74.6 cm³/mol. The molecule has 2 nitrogen and oxygen atoms in total. The van der Waals surface area contributed by atoms with Gasteiger partial charge in [-0.2, -0.15) is 0 Å². The smallest absolute Gasteiger partial charge is 0.123 e. The maximum Gasteiger partial charge on any atom is 0.123 e. The molecule has 0 heterocycles. The van der Waals surface area contributed by atoms with Crippen molar-refractivity contribution in [1.29, 1.82) is 0 Å². The van der Waals surface area contributed by atoms with Crippen LogP contribution in [0.25, 0.3) is 0 Å². The van der Waals surface area contributed by atoms with Crippen molar-refractivity contribution in [2.75, 3.05) is 6.54 Å². The second-order valence-electron chi connectivity index (χ2n) is 4.65. The largest absolute Gasteiger partial charge is 0.508 e. The van der Waals surface area contributed by atoms with Crippen molar-refractivity contribution >= 4 is 0 Å². The van der Waals surface area contributed by atoms with E-state index in [-0.39, 0.29) is 17.6 Å². The van der Waals surface area contributed by atoms with Crippen molar-refractivity contribution in [1.82, 2.24) is 5.32 Å². The van der Waals surface area contributed by atoms with E-state index in [0.717, 1.165) is 24.1 Å². The molecule has 0 fully saturated rings. The highest BCUT2D eigenvalue weighted by Crippen LogP contribution is 2.17. The minimum absolute atomic E-state index is 0.174. The number of hydrogen-bond donors (Lipinski definition) is 2. The molecule has 2 aromatic rings. The first-order chi connectivity index (χ1) is 9.15. The number of nitrogens with one attached hydrogen (secondary N) is 1. The predicted octanol–water partition coefficient (Wildman–Crippen LogP) is 3.42. The molecule has 0 amide bonds. The van der Waals surface area contributed by atoms with Crippen LogP contribution in [0.15, 0.2) is 48.5 Å². The SMILES string of the molecule is CC(NCCc1ccc(F)cc1)c1cccc(O)c1. The molecular weight excluding hydrogens is 241 g/mol. The maximum absolute atomic E-state index is 12.8. The summed E-state index contributed by atoms with van der Waals surface area (Å²) in [6.45, 7) is 2.86. The third kappa shape index (κ3) is 4.07. The molecule has 1 atom stereocenters. The summed E-state index contributed by atoms with van der Waals surface area (Å²) in [5.74, 6) is 0.0783. The van der Waals surface area contributed by atoms with Crippen LogP contribution in [-0.2, 0) is 6.42 Å². The molecule has 3 heteroatoms. The van der Waals surface area contributed by atoms with Crippen molar-refractivity contribution in [3.05, 3.63) is 65.5 Å². The van der Waals surface area contributed by atoms with E-state index in [1.165, 1.54) is 12.1 Å². The Morgan fingerprint density at radius 2 is 1.89 bits per heavy atom. The Hall–Kier alpha value is -1.87. The molecule has 100 valence electrons. The molecule has 0 aliphatic heterocycles. The molecule has 2 N–H and O–H groups in total. The summed E-state index contributed by atoms with van der Waals surface area (Å²) in [4.78, 5) is 0. The van der Waals surface area contributed by atoms with Gasteiger partial charge in [-0.25, -0.2) is 4.39 Å². The number of rotatable bonds is 5. The zero-order chi connectivity index (χ0) is 13.7. The van der Waals surface area contributed by atoms with Gasteiger partial charge in [0.15, 0.2) is 0 Å². The summed E-state index contributed by atoms with van der Waals surface area (Å²) in [5, 5.41) is 12.8. The van der Waals surface area contributed by atoms with Gasteiger partial charge < -0.3 is 10.4 Å². The highest BCUT2D eigenvalue weighted by atomic mass is 19.1. The lowest BCUT2D eigenvalue weighted by molar-refractivity contribution is 0.472. The van der Waals surface area contributed by atoms with Gasteiger partial charge in [0.1, 0.15) is 11.6 Å². The van der Waals surface area contributed by atoms with Crippen LogP contribution in [0, 0.1) is 5.82 Å². The fourth-order valence-corrected chi connectivity index (χ4v) is 2.00. The lowest BCUT2D eigenvalue weighted by Gasteiger charge is -2.14. The fourth-order valence-electron chi connectivity index (χ4n) is 2.00. The van der Waals surface area contributed by atoms with E-state index in [1.807, 2.05) is 12.1 Å². The van der Waals surface area contributed by atoms with Gasteiger partial charge in [-0.1, -0.05) is 24.3 Å². The lowest BCUT2D eigenvalue weighted by atomic mass is 10.1. The molecule has 0 radical (unpaired) electrons. The Morgan fingerprint density at radius 1 is 1.16 bits per heavy atom. The first-order valence-electron chi connectivity index (χ1n) is 6.42. The third-order valence-corrected chi connectivity index (χ3v) is 3.15. The molecule has 1 unspecified atom stereocenters.